The van der Waals surface area contributed by atoms with Gasteiger partial charge in [-0.2, -0.15) is 10.1 Å². The highest BCUT2D eigenvalue weighted by Gasteiger charge is 2.19. The summed E-state index contributed by atoms with van der Waals surface area (Å²) >= 11 is 0. The van der Waals surface area contributed by atoms with Crippen molar-refractivity contribution in [3.63, 3.8) is 0 Å². The lowest BCUT2D eigenvalue weighted by molar-refractivity contribution is -0.116. The Hall–Kier alpha value is -2.96. The van der Waals surface area contributed by atoms with Crippen LogP contribution in [0.5, 0.6) is 5.75 Å². The molecule has 0 saturated carbocycles. The predicted octanol–water partition coefficient (Wildman–Crippen LogP) is 2.64. The van der Waals surface area contributed by atoms with Gasteiger partial charge in [0.25, 0.3) is 5.78 Å². The third kappa shape index (κ3) is 3.00. The first-order valence-electron chi connectivity index (χ1n) is 8.76. The topological polar surface area (TPSA) is 81.4 Å². The van der Waals surface area contributed by atoms with Gasteiger partial charge in [-0.05, 0) is 56.5 Å². The van der Waals surface area contributed by atoms with Crippen molar-refractivity contribution in [3.8, 4) is 5.75 Å². The Bertz CT molecular complexity index is 995. The van der Waals surface area contributed by atoms with Crippen molar-refractivity contribution in [2.24, 2.45) is 0 Å². The monoisotopic (exact) mass is 351 g/mol. The number of fused-ring (bicyclic) bond motifs is 2. The molecule has 1 aromatic carbocycles. The van der Waals surface area contributed by atoms with Gasteiger partial charge in [0.1, 0.15) is 18.2 Å². The molecule has 1 aliphatic heterocycles. The number of rotatable bonds is 4. The van der Waals surface area contributed by atoms with E-state index in [9.17, 15) is 4.79 Å². The lowest BCUT2D eigenvalue weighted by atomic mass is 10.1. The Morgan fingerprint density at radius 2 is 2.23 bits per heavy atom. The molecule has 134 valence electrons. The summed E-state index contributed by atoms with van der Waals surface area (Å²) < 4.78 is 7.40. The van der Waals surface area contributed by atoms with Gasteiger partial charge >= 0.3 is 0 Å². The summed E-state index contributed by atoms with van der Waals surface area (Å²) in [6.07, 6.45) is 3.55. The number of benzene rings is 1. The van der Waals surface area contributed by atoms with E-state index in [2.05, 4.69) is 20.4 Å². The number of hydrogen-bond donors (Lipinski definition) is 1. The summed E-state index contributed by atoms with van der Waals surface area (Å²) in [6, 6.07) is 5.80. The first-order chi connectivity index (χ1) is 12.5. The number of anilines is 1. The Balaban J connectivity index is 1.44. The smallest absolute Gasteiger partial charge is 0.252 e. The lowest BCUT2D eigenvalue weighted by Crippen LogP contribution is -2.14. The average Bonchev–Trinajstić information content (AvgIpc) is 3.19. The molecule has 0 radical (unpaired) electrons. The molecule has 1 amide bonds. The van der Waals surface area contributed by atoms with Gasteiger partial charge in [-0.3, -0.25) is 4.79 Å². The van der Waals surface area contributed by atoms with Crippen molar-refractivity contribution in [1.82, 2.24) is 19.6 Å². The van der Waals surface area contributed by atoms with E-state index in [1.165, 1.54) is 6.33 Å². The standard InChI is InChI=1S/C19H21N5O2/c1-11-8-14-9-15(4-6-17(14)26-11)23-18(25)7-5-16-12(2)22-19-20-10-21-24(19)13(16)3/h4,6,9-11H,5,7-8H2,1-3H3,(H,23,25). The number of aromatic nitrogens is 4. The van der Waals surface area contributed by atoms with Gasteiger partial charge in [0.05, 0.1) is 0 Å². The zero-order valence-corrected chi connectivity index (χ0v) is 15.1. The second-order valence-electron chi connectivity index (χ2n) is 6.74. The predicted molar refractivity (Wildman–Crippen MR) is 97.4 cm³/mol. The Morgan fingerprint density at radius 3 is 3.08 bits per heavy atom. The minimum Gasteiger partial charge on any atom is -0.490 e. The molecule has 1 N–H and O–H groups in total. The Kier molecular flexibility index (Phi) is 4.06. The van der Waals surface area contributed by atoms with Crippen LogP contribution in [0, 0.1) is 13.8 Å². The molecule has 3 heterocycles. The molecule has 0 fully saturated rings. The van der Waals surface area contributed by atoms with Crippen LogP contribution in [0.25, 0.3) is 5.78 Å². The maximum Gasteiger partial charge on any atom is 0.252 e. The van der Waals surface area contributed by atoms with Crippen molar-refractivity contribution in [2.45, 2.75) is 46.1 Å². The number of nitrogens with one attached hydrogen (secondary N) is 1. The number of carbonyl (C=O) groups excluding carboxylic acids is 1. The van der Waals surface area contributed by atoms with Gasteiger partial charge in [-0.1, -0.05) is 0 Å². The van der Waals surface area contributed by atoms with Gasteiger partial charge < -0.3 is 10.1 Å². The molecule has 7 nitrogen and oxygen atoms in total. The molecular weight excluding hydrogens is 330 g/mol. The maximum atomic E-state index is 12.4. The number of aryl methyl sites for hydroxylation is 2. The van der Waals surface area contributed by atoms with Crippen LogP contribution in [0.3, 0.4) is 0 Å². The summed E-state index contributed by atoms with van der Waals surface area (Å²) in [7, 11) is 0. The van der Waals surface area contributed by atoms with E-state index in [4.69, 9.17) is 4.74 Å². The fourth-order valence-electron chi connectivity index (χ4n) is 3.48. The summed E-state index contributed by atoms with van der Waals surface area (Å²) in [5, 5.41) is 7.16. The van der Waals surface area contributed by atoms with Crippen molar-refractivity contribution in [2.75, 3.05) is 5.32 Å². The summed E-state index contributed by atoms with van der Waals surface area (Å²) in [5.41, 5.74) is 4.85. The SMILES string of the molecule is Cc1nc2ncnn2c(C)c1CCC(=O)Nc1ccc2c(c1)CC(C)O2. The third-order valence-electron chi connectivity index (χ3n) is 4.77. The van der Waals surface area contributed by atoms with Gasteiger partial charge in [-0.25, -0.2) is 9.50 Å². The van der Waals surface area contributed by atoms with Crippen molar-refractivity contribution in [1.29, 1.82) is 0 Å². The highest BCUT2D eigenvalue weighted by Crippen LogP contribution is 2.31. The number of nitrogens with zero attached hydrogens (tertiary/aromatic N) is 4. The van der Waals surface area contributed by atoms with Gasteiger partial charge in [0, 0.05) is 29.9 Å². The van der Waals surface area contributed by atoms with E-state index < -0.39 is 0 Å². The zero-order valence-electron chi connectivity index (χ0n) is 15.1. The van der Waals surface area contributed by atoms with Gasteiger partial charge in [-0.15, -0.1) is 0 Å². The van der Waals surface area contributed by atoms with Gasteiger partial charge in [0.2, 0.25) is 5.91 Å². The van der Waals surface area contributed by atoms with E-state index in [0.29, 0.717) is 18.6 Å². The van der Waals surface area contributed by atoms with Gasteiger partial charge in [0.15, 0.2) is 0 Å². The Morgan fingerprint density at radius 1 is 1.38 bits per heavy atom. The van der Waals surface area contributed by atoms with E-state index in [1.54, 1.807) is 4.52 Å². The molecule has 0 spiro atoms. The lowest BCUT2D eigenvalue weighted by Gasteiger charge is -2.11. The molecular formula is C19H21N5O2. The molecule has 0 saturated heterocycles. The van der Waals surface area contributed by atoms with Crippen LogP contribution in [0.2, 0.25) is 0 Å². The van der Waals surface area contributed by atoms with Crippen LogP contribution in [0.4, 0.5) is 5.69 Å². The normalized spacial score (nSPS) is 15.7. The van der Waals surface area contributed by atoms with E-state index in [1.807, 2.05) is 39.0 Å². The minimum absolute atomic E-state index is 0.0191. The molecule has 2 aromatic heterocycles. The second kappa shape index (κ2) is 6.40. The first kappa shape index (κ1) is 16.5. The number of hydrogen-bond acceptors (Lipinski definition) is 5. The van der Waals surface area contributed by atoms with Crippen molar-refractivity contribution >= 4 is 17.4 Å². The van der Waals surface area contributed by atoms with Crippen molar-refractivity contribution < 1.29 is 9.53 Å². The first-order valence-corrected chi connectivity index (χ1v) is 8.76. The largest absolute Gasteiger partial charge is 0.490 e. The average molecular weight is 351 g/mol. The molecule has 3 aromatic rings. The van der Waals surface area contributed by atoms with Crippen LogP contribution in [0.1, 0.15) is 35.9 Å². The molecule has 1 aliphatic rings. The molecule has 0 aliphatic carbocycles. The highest BCUT2D eigenvalue weighted by atomic mass is 16.5. The zero-order chi connectivity index (χ0) is 18.3. The molecule has 7 heteroatoms. The molecule has 4 rings (SSSR count). The van der Waals surface area contributed by atoms with Crippen LogP contribution in [-0.2, 0) is 17.6 Å². The number of ether oxygens (including phenoxy) is 1. The minimum atomic E-state index is -0.0191. The van der Waals surface area contributed by atoms with Crippen LogP contribution in [-0.4, -0.2) is 31.6 Å². The van der Waals surface area contributed by atoms with Crippen LogP contribution in [0.15, 0.2) is 24.5 Å². The number of carbonyl (C=O) groups is 1. The number of amides is 1. The molecule has 26 heavy (non-hydrogen) atoms. The van der Waals surface area contributed by atoms with E-state index >= 15 is 0 Å². The maximum absolute atomic E-state index is 12.4. The fraction of sp³-hybridized carbons (Fsp3) is 0.368. The molecule has 0 bridgehead atoms. The molecule has 1 atom stereocenters. The van der Waals surface area contributed by atoms with Crippen LogP contribution < -0.4 is 10.1 Å². The van der Waals surface area contributed by atoms with E-state index in [-0.39, 0.29) is 12.0 Å². The Labute approximate surface area is 151 Å². The second-order valence-corrected chi connectivity index (χ2v) is 6.74. The summed E-state index contributed by atoms with van der Waals surface area (Å²) in [5.74, 6) is 1.48. The third-order valence-corrected chi connectivity index (χ3v) is 4.77. The van der Waals surface area contributed by atoms with Crippen molar-refractivity contribution in [3.05, 3.63) is 47.0 Å². The summed E-state index contributed by atoms with van der Waals surface area (Å²) in [6.45, 7) is 5.96. The quantitative estimate of drug-likeness (QED) is 0.781. The fourth-order valence-corrected chi connectivity index (χ4v) is 3.48. The highest BCUT2D eigenvalue weighted by molar-refractivity contribution is 5.91. The summed E-state index contributed by atoms with van der Waals surface area (Å²) in [4.78, 5) is 21.0. The van der Waals surface area contributed by atoms with E-state index in [0.717, 1.165) is 40.4 Å². The van der Waals surface area contributed by atoms with Crippen LogP contribution >= 0.6 is 0 Å². The molecule has 1 unspecified atom stereocenters.